The Hall–Kier alpha value is -1.66. The van der Waals surface area contributed by atoms with Crippen LogP contribution in [0.15, 0.2) is 36.2 Å². The Balaban J connectivity index is 1.94. The van der Waals surface area contributed by atoms with Gasteiger partial charge in [0.15, 0.2) is 0 Å². The second-order valence-corrected chi connectivity index (χ2v) is 7.54. The Bertz CT molecular complexity index is 642. The van der Waals surface area contributed by atoms with Crippen LogP contribution in [-0.4, -0.2) is 12.3 Å². The van der Waals surface area contributed by atoms with Crippen LogP contribution in [0.5, 0.6) is 5.75 Å². The number of alkyl halides is 5. The van der Waals surface area contributed by atoms with E-state index in [1.54, 1.807) is 12.1 Å². The van der Waals surface area contributed by atoms with E-state index in [0.717, 1.165) is 18.4 Å². The van der Waals surface area contributed by atoms with Crippen LogP contribution in [-0.2, 0) is 0 Å². The molecule has 158 valence electrons. The molecule has 1 fully saturated rings. The van der Waals surface area contributed by atoms with Gasteiger partial charge in [-0.25, -0.2) is 4.39 Å². The van der Waals surface area contributed by atoms with E-state index in [2.05, 4.69) is 13.8 Å². The van der Waals surface area contributed by atoms with Crippen LogP contribution in [0.3, 0.4) is 0 Å². The SMILES string of the molecule is CCCC(C)c1ccc(OC(F)(F)C2CCC(/C(F)=C/C(F)(F)F)CC2)cc1. The molecule has 7 heteroatoms. The van der Waals surface area contributed by atoms with Crippen LogP contribution >= 0.6 is 0 Å². The topological polar surface area (TPSA) is 9.23 Å². The van der Waals surface area contributed by atoms with Gasteiger partial charge < -0.3 is 4.74 Å². The molecule has 1 nitrogen and oxygen atoms in total. The summed E-state index contributed by atoms with van der Waals surface area (Å²) >= 11 is 0. The van der Waals surface area contributed by atoms with Crippen molar-refractivity contribution < 1.29 is 31.1 Å². The summed E-state index contributed by atoms with van der Waals surface area (Å²) in [5, 5.41) is 0. The summed E-state index contributed by atoms with van der Waals surface area (Å²) in [6, 6.07) is 6.54. The molecule has 1 aromatic carbocycles. The zero-order valence-electron chi connectivity index (χ0n) is 16.0. The van der Waals surface area contributed by atoms with Crippen LogP contribution < -0.4 is 4.74 Å². The first-order chi connectivity index (χ1) is 13.0. The molecule has 1 unspecified atom stereocenters. The fourth-order valence-corrected chi connectivity index (χ4v) is 3.68. The first kappa shape index (κ1) is 22.6. The van der Waals surface area contributed by atoms with Crippen LogP contribution in [0, 0.1) is 11.8 Å². The van der Waals surface area contributed by atoms with Gasteiger partial charge in [-0.2, -0.15) is 22.0 Å². The van der Waals surface area contributed by atoms with E-state index < -0.39 is 29.9 Å². The van der Waals surface area contributed by atoms with Gasteiger partial charge in [0, 0.05) is 5.92 Å². The van der Waals surface area contributed by atoms with E-state index in [9.17, 15) is 26.3 Å². The fraction of sp³-hybridized carbons (Fsp3) is 0.619. The molecule has 2 rings (SSSR count). The van der Waals surface area contributed by atoms with E-state index in [-0.39, 0.29) is 37.5 Å². The van der Waals surface area contributed by atoms with Crippen LogP contribution in [0.4, 0.5) is 26.3 Å². The van der Waals surface area contributed by atoms with Crippen LogP contribution in [0.25, 0.3) is 0 Å². The number of halogens is 6. The smallest absolute Gasteiger partial charge is 0.412 e. The molecule has 1 atom stereocenters. The lowest BCUT2D eigenvalue weighted by atomic mass is 9.80. The van der Waals surface area contributed by atoms with Gasteiger partial charge in [-0.1, -0.05) is 32.4 Å². The average Bonchev–Trinajstić information content (AvgIpc) is 2.61. The Kier molecular flexibility index (Phi) is 7.46. The average molecular weight is 408 g/mol. The molecule has 0 N–H and O–H groups in total. The molecule has 0 radical (unpaired) electrons. The van der Waals surface area contributed by atoms with Gasteiger partial charge in [-0.05, 0) is 55.7 Å². The van der Waals surface area contributed by atoms with E-state index in [1.807, 2.05) is 0 Å². The Morgan fingerprint density at radius 1 is 1.07 bits per heavy atom. The van der Waals surface area contributed by atoms with Gasteiger partial charge >= 0.3 is 12.3 Å². The number of ether oxygens (including phenoxy) is 1. The lowest BCUT2D eigenvalue weighted by molar-refractivity contribution is -0.223. The van der Waals surface area contributed by atoms with Crippen molar-refractivity contribution in [2.24, 2.45) is 11.8 Å². The van der Waals surface area contributed by atoms with Crippen molar-refractivity contribution in [1.29, 1.82) is 0 Å². The summed E-state index contributed by atoms with van der Waals surface area (Å²) in [5.41, 5.74) is 1.05. The molecule has 0 bridgehead atoms. The third kappa shape index (κ3) is 6.45. The van der Waals surface area contributed by atoms with Crippen molar-refractivity contribution in [3.8, 4) is 5.75 Å². The van der Waals surface area contributed by atoms with Crippen molar-refractivity contribution in [2.75, 3.05) is 0 Å². The molecule has 1 aliphatic carbocycles. The molecule has 28 heavy (non-hydrogen) atoms. The normalized spacial score (nSPS) is 22.8. The van der Waals surface area contributed by atoms with Gasteiger partial charge in [-0.3, -0.25) is 0 Å². The van der Waals surface area contributed by atoms with E-state index in [1.165, 1.54) is 12.1 Å². The number of hydrogen-bond acceptors (Lipinski definition) is 1. The zero-order chi connectivity index (χ0) is 20.9. The van der Waals surface area contributed by atoms with E-state index >= 15 is 0 Å². The minimum atomic E-state index is -4.74. The second-order valence-electron chi connectivity index (χ2n) is 7.54. The third-order valence-corrected chi connectivity index (χ3v) is 5.32. The predicted molar refractivity (Wildman–Crippen MR) is 96.0 cm³/mol. The first-order valence-electron chi connectivity index (χ1n) is 9.63. The maximum atomic E-state index is 14.5. The van der Waals surface area contributed by atoms with Crippen molar-refractivity contribution >= 4 is 0 Å². The molecule has 0 saturated heterocycles. The second kappa shape index (κ2) is 9.23. The van der Waals surface area contributed by atoms with Gasteiger partial charge in [0.05, 0.1) is 12.0 Å². The largest absolute Gasteiger partial charge is 0.432 e. The van der Waals surface area contributed by atoms with Crippen LogP contribution in [0.2, 0.25) is 0 Å². The van der Waals surface area contributed by atoms with Gasteiger partial charge in [-0.15, -0.1) is 0 Å². The highest BCUT2D eigenvalue weighted by Crippen LogP contribution is 2.42. The minimum absolute atomic E-state index is 0.0442. The van der Waals surface area contributed by atoms with Gasteiger partial charge in [0.1, 0.15) is 11.6 Å². The molecular weight excluding hydrogens is 382 g/mol. The summed E-state index contributed by atoms with van der Waals surface area (Å²) in [4.78, 5) is 0. The minimum Gasteiger partial charge on any atom is -0.432 e. The maximum absolute atomic E-state index is 14.5. The van der Waals surface area contributed by atoms with Gasteiger partial charge in [0.25, 0.3) is 0 Å². The maximum Gasteiger partial charge on any atom is 0.412 e. The Labute approximate surface area is 161 Å². The summed E-state index contributed by atoms with van der Waals surface area (Å²) < 4.78 is 84.2. The third-order valence-electron chi connectivity index (χ3n) is 5.32. The highest BCUT2D eigenvalue weighted by atomic mass is 19.4. The van der Waals surface area contributed by atoms with Crippen molar-refractivity contribution in [3.63, 3.8) is 0 Å². The fourth-order valence-electron chi connectivity index (χ4n) is 3.68. The molecule has 0 aromatic heterocycles. The lowest BCUT2D eigenvalue weighted by Crippen LogP contribution is -2.37. The van der Waals surface area contributed by atoms with Crippen molar-refractivity contribution in [3.05, 3.63) is 41.7 Å². The molecular formula is C21H26F6O. The summed E-state index contributed by atoms with van der Waals surface area (Å²) in [6.07, 6.45) is -6.86. The summed E-state index contributed by atoms with van der Waals surface area (Å²) in [6.45, 7) is 4.15. The van der Waals surface area contributed by atoms with Crippen LogP contribution in [0.1, 0.15) is 63.9 Å². The standard InChI is InChI=1S/C21H26F6O/c1-3-4-14(2)15-7-11-18(12-8-15)28-21(26,27)17-9-5-16(6-10-17)19(22)13-20(23,24)25/h7-8,11-14,16-17H,3-6,9-10H2,1-2H3/b19-13-. The van der Waals surface area contributed by atoms with Gasteiger partial charge in [0.2, 0.25) is 0 Å². The number of benzene rings is 1. The quantitative estimate of drug-likeness (QED) is 0.419. The lowest BCUT2D eigenvalue weighted by Gasteiger charge is -2.32. The molecule has 1 saturated carbocycles. The van der Waals surface area contributed by atoms with Crippen molar-refractivity contribution in [1.82, 2.24) is 0 Å². The van der Waals surface area contributed by atoms with Crippen molar-refractivity contribution in [2.45, 2.75) is 70.6 Å². The summed E-state index contributed by atoms with van der Waals surface area (Å²) in [5.74, 6) is -3.03. The molecule has 0 spiro atoms. The zero-order valence-corrected chi connectivity index (χ0v) is 16.0. The highest BCUT2D eigenvalue weighted by Gasteiger charge is 2.44. The predicted octanol–water partition coefficient (Wildman–Crippen LogP) is 7.78. The molecule has 0 amide bonds. The van der Waals surface area contributed by atoms with E-state index in [4.69, 9.17) is 4.74 Å². The molecule has 0 aliphatic heterocycles. The summed E-state index contributed by atoms with van der Waals surface area (Å²) in [7, 11) is 0. The molecule has 1 aliphatic rings. The van der Waals surface area contributed by atoms with E-state index in [0.29, 0.717) is 5.92 Å². The Morgan fingerprint density at radius 3 is 2.14 bits per heavy atom. The molecule has 1 aromatic rings. The first-order valence-corrected chi connectivity index (χ1v) is 9.63. The number of hydrogen-bond donors (Lipinski definition) is 0. The molecule has 0 heterocycles. The monoisotopic (exact) mass is 408 g/mol. The number of rotatable bonds is 7. The Morgan fingerprint density at radius 2 is 1.64 bits per heavy atom. The number of allylic oxidation sites excluding steroid dienone is 2. The highest BCUT2D eigenvalue weighted by molar-refractivity contribution is 5.29.